The molecule has 6 nitrogen and oxygen atoms in total. The number of ether oxygens (including phenoxy) is 1. The molecule has 1 N–H and O–H groups in total. The molecule has 2 rings (SSSR count). The number of carbonyl (C=O) groups excluding carboxylic acids is 2. The summed E-state index contributed by atoms with van der Waals surface area (Å²) >= 11 is 0. The van der Waals surface area contributed by atoms with Crippen LogP contribution in [-0.4, -0.2) is 35.1 Å². The predicted octanol–water partition coefficient (Wildman–Crippen LogP) is 3.56. The molecule has 24 heavy (non-hydrogen) atoms. The van der Waals surface area contributed by atoms with E-state index in [1.807, 2.05) is 4.90 Å². The van der Waals surface area contributed by atoms with Crippen LogP contribution in [0.3, 0.4) is 0 Å². The molecule has 1 aromatic heterocycles. The highest BCUT2D eigenvalue weighted by atomic mass is 16.6. The van der Waals surface area contributed by atoms with Crippen molar-refractivity contribution < 1.29 is 18.7 Å². The fourth-order valence-corrected chi connectivity index (χ4v) is 3.11. The molecule has 2 atom stereocenters. The van der Waals surface area contributed by atoms with E-state index in [0.717, 1.165) is 19.4 Å². The van der Waals surface area contributed by atoms with E-state index in [1.165, 1.54) is 6.26 Å². The number of rotatable bonds is 4. The Labute approximate surface area is 143 Å². The SMILES string of the molecule is CC[C@@H]1[C@@H](C)CCN1C(=O)c1coc(CNC(=O)OC(C)(C)C)c1. The molecule has 1 fully saturated rings. The molecule has 0 unspecified atom stereocenters. The van der Waals surface area contributed by atoms with Crippen molar-refractivity contribution in [3.63, 3.8) is 0 Å². The third kappa shape index (κ3) is 4.52. The van der Waals surface area contributed by atoms with Crippen LogP contribution < -0.4 is 5.32 Å². The van der Waals surface area contributed by atoms with Crippen molar-refractivity contribution in [3.8, 4) is 0 Å². The Morgan fingerprint density at radius 1 is 1.42 bits per heavy atom. The van der Waals surface area contributed by atoms with Crippen molar-refractivity contribution in [2.24, 2.45) is 5.92 Å². The molecule has 1 aliphatic rings. The Hall–Kier alpha value is -1.98. The first-order valence-corrected chi connectivity index (χ1v) is 8.56. The van der Waals surface area contributed by atoms with Crippen LogP contribution in [0.4, 0.5) is 4.79 Å². The van der Waals surface area contributed by atoms with Gasteiger partial charge in [0.05, 0.1) is 12.1 Å². The maximum Gasteiger partial charge on any atom is 0.408 e. The van der Waals surface area contributed by atoms with Gasteiger partial charge in [0.15, 0.2) is 0 Å². The van der Waals surface area contributed by atoms with Gasteiger partial charge in [0.2, 0.25) is 0 Å². The van der Waals surface area contributed by atoms with Crippen LogP contribution in [0, 0.1) is 5.92 Å². The quantitative estimate of drug-likeness (QED) is 0.912. The van der Waals surface area contributed by atoms with E-state index in [4.69, 9.17) is 9.15 Å². The normalized spacial score (nSPS) is 21.0. The lowest BCUT2D eigenvalue weighted by Gasteiger charge is -2.25. The molecular weight excluding hydrogens is 308 g/mol. The van der Waals surface area contributed by atoms with E-state index in [9.17, 15) is 9.59 Å². The molecule has 0 radical (unpaired) electrons. The highest BCUT2D eigenvalue weighted by Gasteiger charge is 2.34. The number of furan rings is 1. The molecule has 2 amide bonds. The second-order valence-electron chi connectivity index (χ2n) is 7.40. The van der Waals surface area contributed by atoms with E-state index in [2.05, 4.69) is 19.2 Å². The fraction of sp³-hybridized carbons (Fsp3) is 0.667. The molecule has 2 heterocycles. The zero-order valence-corrected chi connectivity index (χ0v) is 15.2. The average Bonchev–Trinajstić information content (AvgIpc) is 3.09. The summed E-state index contributed by atoms with van der Waals surface area (Å²) in [7, 11) is 0. The van der Waals surface area contributed by atoms with Gasteiger partial charge in [-0.1, -0.05) is 13.8 Å². The summed E-state index contributed by atoms with van der Waals surface area (Å²) in [5, 5.41) is 2.62. The van der Waals surface area contributed by atoms with Crippen molar-refractivity contribution >= 4 is 12.0 Å². The number of carbonyl (C=O) groups is 2. The third-order valence-electron chi connectivity index (χ3n) is 4.27. The molecule has 0 aliphatic carbocycles. The van der Waals surface area contributed by atoms with Crippen LogP contribution >= 0.6 is 0 Å². The number of hydrogen-bond acceptors (Lipinski definition) is 4. The minimum atomic E-state index is -0.546. The standard InChI is InChI=1S/C18H28N2O4/c1-6-15-12(2)7-8-20(15)16(21)13-9-14(23-11-13)10-19-17(22)24-18(3,4)5/h9,11-12,15H,6-8,10H2,1-5H3,(H,19,22)/t12-,15+/m0/s1. The minimum Gasteiger partial charge on any atom is -0.467 e. The summed E-state index contributed by atoms with van der Waals surface area (Å²) in [6.45, 7) is 10.7. The maximum absolute atomic E-state index is 12.7. The molecule has 0 saturated carbocycles. The first-order valence-electron chi connectivity index (χ1n) is 8.56. The zero-order valence-electron chi connectivity index (χ0n) is 15.2. The second-order valence-corrected chi connectivity index (χ2v) is 7.40. The van der Waals surface area contributed by atoms with Crippen LogP contribution in [0.2, 0.25) is 0 Å². The van der Waals surface area contributed by atoms with Gasteiger partial charge in [0.1, 0.15) is 17.6 Å². The Balaban J connectivity index is 1.93. The van der Waals surface area contributed by atoms with E-state index < -0.39 is 11.7 Å². The molecular formula is C18H28N2O4. The van der Waals surface area contributed by atoms with Gasteiger partial charge in [0.25, 0.3) is 5.91 Å². The largest absolute Gasteiger partial charge is 0.467 e. The van der Waals surface area contributed by atoms with Crippen LogP contribution in [0.1, 0.15) is 63.6 Å². The van der Waals surface area contributed by atoms with E-state index >= 15 is 0 Å². The van der Waals surface area contributed by atoms with Crippen molar-refractivity contribution in [3.05, 3.63) is 23.7 Å². The van der Waals surface area contributed by atoms with Crippen LogP contribution in [-0.2, 0) is 11.3 Å². The van der Waals surface area contributed by atoms with E-state index in [1.54, 1.807) is 26.8 Å². The predicted molar refractivity (Wildman–Crippen MR) is 90.7 cm³/mol. The van der Waals surface area contributed by atoms with Crippen LogP contribution in [0.15, 0.2) is 16.7 Å². The van der Waals surface area contributed by atoms with Gasteiger partial charge >= 0.3 is 6.09 Å². The molecule has 0 aromatic carbocycles. The molecule has 134 valence electrons. The number of nitrogens with one attached hydrogen (secondary N) is 1. The zero-order chi connectivity index (χ0) is 17.9. The van der Waals surface area contributed by atoms with Gasteiger partial charge in [0, 0.05) is 12.6 Å². The maximum atomic E-state index is 12.7. The number of nitrogens with zero attached hydrogens (tertiary/aromatic N) is 1. The monoisotopic (exact) mass is 336 g/mol. The summed E-state index contributed by atoms with van der Waals surface area (Å²) in [5.74, 6) is 1.06. The summed E-state index contributed by atoms with van der Waals surface area (Å²) in [5.41, 5.74) is -0.0146. The Kier molecular flexibility index (Phi) is 5.57. The average molecular weight is 336 g/mol. The summed E-state index contributed by atoms with van der Waals surface area (Å²) < 4.78 is 10.6. The van der Waals surface area contributed by atoms with Gasteiger partial charge < -0.3 is 19.4 Å². The van der Waals surface area contributed by atoms with Crippen molar-refractivity contribution in [2.75, 3.05) is 6.54 Å². The number of amides is 2. The molecule has 1 aromatic rings. The van der Waals surface area contributed by atoms with Gasteiger partial charge in [-0.3, -0.25) is 4.79 Å². The lowest BCUT2D eigenvalue weighted by molar-refractivity contribution is 0.0519. The Morgan fingerprint density at radius 3 is 2.75 bits per heavy atom. The van der Waals surface area contributed by atoms with Crippen LogP contribution in [0.5, 0.6) is 0 Å². The summed E-state index contributed by atoms with van der Waals surface area (Å²) in [4.78, 5) is 26.2. The lowest BCUT2D eigenvalue weighted by atomic mass is 10.0. The topological polar surface area (TPSA) is 71.8 Å². The highest BCUT2D eigenvalue weighted by molar-refractivity contribution is 5.94. The molecule has 0 bridgehead atoms. The lowest BCUT2D eigenvalue weighted by Crippen LogP contribution is -2.36. The van der Waals surface area contributed by atoms with Crippen molar-refractivity contribution in [1.29, 1.82) is 0 Å². The molecule has 1 saturated heterocycles. The first-order chi connectivity index (χ1) is 11.2. The van der Waals surface area contributed by atoms with Gasteiger partial charge in [-0.25, -0.2) is 4.79 Å². The molecule has 1 aliphatic heterocycles. The Bertz CT molecular complexity index is 588. The van der Waals surface area contributed by atoms with Gasteiger partial charge in [-0.15, -0.1) is 0 Å². The number of likely N-dealkylation sites (tertiary alicyclic amines) is 1. The van der Waals surface area contributed by atoms with E-state index in [0.29, 0.717) is 17.2 Å². The third-order valence-corrected chi connectivity index (χ3v) is 4.27. The summed E-state index contributed by atoms with van der Waals surface area (Å²) in [6.07, 6.45) is 2.95. The second kappa shape index (κ2) is 7.28. The fourth-order valence-electron chi connectivity index (χ4n) is 3.11. The number of alkyl carbamates (subject to hydrolysis) is 1. The van der Waals surface area contributed by atoms with Crippen LogP contribution in [0.25, 0.3) is 0 Å². The molecule has 0 spiro atoms. The summed E-state index contributed by atoms with van der Waals surface area (Å²) in [6, 6.07) is 1.98. The van der Waals surface area contributed by atoms with Crippen molar-refractivity contribution in [2.45, 2.75) is 65.6 Å². The van der Waals surface area contributed by atoms with Gasteiger partial charge in [-0.05, 0) is 45.6 Å². The number of hydrogen-bond donors (Lipinski definition) is 1. The smallest absolute Gasteiger partial charge is 0.408 e. The van der Waals surface area contributed by atoms with E-state index in [-0.39, 0.29) is 18.5 Å². The van der Waals surface area contributed by atoms with Crippen molar-refractivity contribution in [1.82, 2.24) is 10.2 Å². The first kappa shape index (κ1) is 18.4. The Morgan fingerprint density at radius 2 is 2.12 bits per heavy atom. The van der Waals surface area contributed by atoms with Gasteiger partial charge in [-0.2, -0.15) is 0 Å². The molecule has 6 heteroatoms. The highest BCUT2D eigenvalue weighted by Crippen LogP contribution is 2.28. The minimum absolute atomic E-state index is 0.00142.